The van der Waals surface area contributed by atoms with Gasteiger partial charge in [-0.1, -0.05) is 48.0 Å². The Labute approximate surface area is 197 Å². The molecule has 1 saturated heterocycles. The van der Waals surface area contributed by atoms with E-state index in [1.54, 1.807) is 0 Å². The SMILES string of the molecule is CC1(C)CCC[C@]2(C)[C@H]3CC[C@@H]4[C@@]56C[C@@](C)(CC[C@]5(C)CC[C@@]4(C)[C@]3(C)CC[C@@H]12)C(=O)O6. The number of carbonyl (C=O) groups is 1. The van der Waals surface area contributed by atoms with Gasteiger partial charge >= 0.3 is 5.97 Å². The summed E-state index contributed by atoms with van der Waals surface area (Å²) in [6, 6.07) is 0. The van der Waals surface area contributed by atoms with Crippen molar-refractivity contribution < 1.29 is 9.53 Å². The van der Waals surface area contributed by atoms with E-state index in [0.29, 0.717) is 22.2 Å². The Hall–Kier alpha value is -0.530. The Kier molecular flexibility index (Phi) is 4.11. The molecule has 1 heterocycles. The van der Waals surface area contributed by atoms with E-state index in [9.17, 15) is 4.79 Å². The van der Waals surface area contributed by atoms with Crippen LogP contribution in [-0.4, -0.2) is 11.6 Å². The average molecular weight is 441 g/mol. The highest BCUT2D eigenvalue weighted by Crippen LogP contribution is 2.79. The van der Waals surface area contributed by atoms with E-state index in [1.165, 1.54) is 64.2 Å². The minimum atomic E-state index is -0.230. The van der Waals surface area contributed by atoms with E-state index in [1.807, 2.05) is 0 Å². The second-order valence-corrected chi connectivity index (χ2v) is 15.5. The fourth-order valence-electron chi connectivity index (χ4n) is 12.0. The van der Waals surface area contributed by atoms with E-state index in [0.717, 1.165) is 24.7 Å². The number of esters is 1. The van der Waals surface area contributed by atoms with Crippen molar-refractivity contribution in [2.75, 3.05) is 0 Å². The lowest BCUT2D eigenvalue weighted by Gasteiger charge is -2.74. The van der Waals surface area contributed by atoms with Crippen LogP contribution in [0, 0.1) is 50.2 Å². The van der Waals surface area contributed by atoms with Crippen LogP contribution in [-0.2, 0) is 9.53 Å². The molecule has 0 amide bonds. The van der Waals surface area contributed by atoms with Crippen LogP contribution in [0.4, 0.5) is 0 Å². The van der Waals surface area contributed by atoms with Gasteiger partial charge in [0.15, 0.2) is 0 Å². The summed E-state index contributed by atoms with van der Waals surface area (Å²) in [7, 11) is 0. The summed E-state index contributed by atoms with van der Waals surface area (Å²) in [5.74, 6) is 2.36. The van der Waals surface area contributed by atoms with E-state index in [4.69, 9.17) is 4.74 Å². The van der Waals surface area contributed by atoms with Gasteiger partial charge in [0.25, 0.3) is 0 Å². The first-order chi connectivity index (χ1) is 14.8. The molecule has 2 bridgehead atoms. The van der Waals surface area contributed by atoms with Crippen molar-refractivity contribution in [3.8, 4) is 0 Å². The van der Waals surface area contributed by atoms with Gasteiger partial charge in [-0.25, -0.2) is 0 Å². The topological polar surface area (TPSA) is 26.3 Å². The number of hydrogen-bond acceptors (Lipinski definition) is 2. The molecule has 0 N–H and O–H groups in total. The maximum atomic E-state index is 13.2. The molecule has 6 rings (SSSR count). The Morgan fingerprint density at radius 3 is 2.09 bits per heavy atom. The van der Waals surface area contributed by atoms with Crippen molar-refractivity contribution in [1.29, 1.82) is 0 Å². The number of ether oxygens (including phenoxy) is 1. The summed E-state index contributed by atoms with van der Waals surface area (Å²) < 4.78 is 6.67. The van der Waals surface area contributed by atoms with Crippen molar-refractivity contribution in [2.45, 2.75) is 131 Å². The Morgan fingerprint density at radius 1 is 0.688 bits per heavy atom. The average Bonchev–Trinajstić information content (AvgIpc) is 2.92. The molecule has 6 aliphatic rings. The van der Waals surface area contributed by atoms with E-state index >= 15 is 0 Å². The largest absolute Gasteiger partial charge is 0.458 e. The summed E-state index contributed by atoms with van der Waals surface area (Å²) in [4.78, 5) is 13.2. The van der Waals surface area contributed by atoms with Gasteiger partial charge in [-0.15, -0.1) is 0 Å². The molecular weight excluding hydrogens is 392 g/mol. The number of rotatable bonds is 0. The third-order valence-corrected chi connectivity index (χ3v) is 14.0. The molecule has 0 aromatic heterocycles. The molecule has 6 fully saturated rings. The summed E-state index contributed by atoms with van der Waals surface area (Å²) in [6.07, 6.45) is 15.4. The van der Waals surface area contributed by atoms with Crippen LogP contribution in [0.15, 0.2) is 0 Å². The second-order valence-electron chi connectivity index (χ2n) is 15.5. The van der Waals surface area contributed by atoms with Crippen molar-refractivity contribution >= 4 is 5.97 Å². The highest BCUT2D eigenvalue weighted by Gasteiger charge is 2.77. The summed E-state index contributed by atoms with van der Waals surface area (Å²) in [5, 5.41) is 0. The number of carbonyl (C=O) groups excluding carboxylic acids is 1. The normalized spacial score (nSPS) is 60.5. The molecule has 2 nitrogen and oxygen atoms in total. The van der Waals surface area contributed by atoms with Gasteiger partial charge < -0.3 is 4.74 Å². The minimum Gasteiger partial charge on any atom is -0.458 e. The lowest BCUT2D eigenvalue weighted by molar-refractivity contribution is -0.280. The molecule has 0 unspecified atom stereocenters. The van der Waals surface area contributed by atoms with Crippen LogP contribution in [0.2, 0.25) is 0 Å². The van der Waals surface area contributed by atoms with E-state index in [-0.39, 0.29) is 27.8 Å². The minimum absolute atomic E-state index is 0.127. The quantitative estimate of drug-likeness (QED) is 0.357. The molecular formula is C30H48O2. The Balaban J connectivity index is 1.44. The summed E-state index contributed by atoms with van der Waals surface area (Å²) in [5.41, 5.74) is 1.37. The van der Waals surface area contributed by atoms with Crippen molar-refractivity contribution in [1.82, 2.24) is 0 Å². The van der Waals surface area contributed by atoms with Gasteiger partial charge in [0, 0.05) is 17.8 Å². The van der Waals surface area contributed by atoms with Crippen LogP contribution < -0.4 is 0 Å². The van der Waals surface area contributed by atoms with Crippen molar-refractivity contribution in [3.05, 3.63) is 0 Å². The molecule has 0 aromatic rings. The lowest BCUT2D eigenvalue weighted by atomic mass is 9.31. The first kappa shape index (κ1) is 22.0. The highest BCUT2D eigenvalue weighted by atomic mass is 16.6. The predicted molar refractivity (Wildman–Crippen MR) is 129 cm³/mol. The van der Waals surface area contributed by atoms with Crippen LogP contribution in [0.5, 0.6) is 0 Å². The van der Waals surface area contributed by atoms with Crippen LogP contribution >= 0.6 is 0 Å². The van der Waals surface area contributed by atoms with Gasteiger partial charge in [-0.05, 0) is 105 Å². The Morgan fingerprint density at radius 2 is 1.34 bits per heavy atom. The molecule has 5 saturated carbocycles. The third kappa shape index (κ3) is 2.23. The van der Waals surface area contributed by atoms with Crippen molar-refractivity contribution in [2.24, 2.45) is 50.2 Å². The zero-order valence-corrected chi connectivity index (χ0v) is 22.0. The van der Waals surface area contributed by atoms with Crippen LogP contribution in [0.25, 0.3) is 0 Å². The van der Waals surface area contributed by atoms with Crippen LogP contribution in [0.3, 0.4) is 0 Å². The fraction of sp³-hybridized carbons (Fsp3) is 0.967. The second kappa shape index (κ2) is 5.99. The van der Waals surface area contributed by atoms with Crippen molar-refractivity contribution in [3.63, 3.8) is 0 Å². The van der Waals surface area contributed by atoms with Gasteiger partial charge in [-0.3, -0.25) is 4.79 Å². The summed E-state index contributed by atoms with van der Waals surface area (Å²) >= 11 is 0. The standard InChI is InChI=1S/C30H48O2/c1-24(2)12-8-13-27(5)20(24)11-14-28(6)21(27)9-10-22-29(28,7)18-17-26(4)16-15-25(3)19-30(22,26)32-23(25)31/h20-22H,8-19H2,1-7H3/t20-,21+,22-,25+,26+,27-,28+,29+,30-/m0/s1. The molecule has 0 radical (unpaired) electrons. The molecule has 1 aliphatic heterocycles. The number of fused-ring (bicyclic) bond motifs is 6. The third-order valence-electron chi connectivity index (χ3n) is 14.0. The van der Waals surface area contributed by atoms with Gasteiger partial charge in [-0.2, -0.15) is 0 Å². The maximum Gasteiger partial charge on any atom is 0.312 e. The molecule has 2 heteroatoms. The Bertz CT molecular complexity index is 861. The molecule has 9 atom stereocenters. The summed E-state index contributed by atoms with van der Waals surface area (Å²) in [6.45, 7) is 17.9. The molecule has 0 aromatic carbocycles. The number of hydrogen-bond donors (Lipinski definition) is 0. The van der Waals surface area contributed by atoms with Gasteiger partial charge in [0.05, 0.1) is 5.41 Å². The fourth-order valence-corrected chi connectivity index (χ4v) is 12.0. The smallest absolute Gasteiger partial charge is 0.312 e. The monoisotopic (exact) mass is 440 g/mol. The maximum absolute atomic E-state index is 13.2. The lowest BCUT2D eigenvalue weighted by Crippen LogP contribution is -2.70. The first-order valence-electron chi connectivity index (χ1n) is 14.0. The van der Waals surface area contributed by atoms with E-state index < -0.39 is 0 Å². The van der Waals surface area contributed by atoms with Gasteiger partial charge in [0.1, 0.15) is 5.60 Å². The molecule has 180 valence electrons. The zero-order valence-electron chi connectivity index (χ0n) is 22.0. The van der Waals surface area contributed by atoms with Crippen LogP contribution in [0.1, 0.15) is 126 Å². The molecule has 32 heavy (non-hydrogen) atoms. The highest BCUT2D eigenvalue weighted by molar-refractivity contribution is 5.80. The predicted octanol–water partition coefficient (Wildman–Crippen LogP) is 7.94. The zero-order chi connectivity index (χ0) is 23.0. The molecule has 1 spiro atoms. The molecule has 5 aliphatic carbocycles. The first-order valence-corrected chi connectivity index (χ1v) is 14.0. The van der Waals surface area contributed by atoms with E-state index in [2.05, 4.69) is 48.5 Å². The van der Waals surface area contributed by atoms with Gasteiger partial charge in [0.2, 0.25) is 0 Å².